The van der Waals surface area contributed by atoms with Crippen LogP contribution in [0.4, 0.5) is 0 Å². The van der Waals surface area contributed by atoms with E-state index in [0.717, 1.165) is 4.47 Å². The monoisotopic (exact) mass is 485 g/mol. The van der Waals surface area contributed by atoms with E-state index >= 15 is 0 Å². The lowest BCUT2D eigenvalue weighted by molar-refractivity contribution is 0.728. The number of fused-ring (bicyclic) bond motifs is 5. The molecule has 0 aliphatic carbocycles. The molecule has 0 unspecified atom stereocenters. The van der Waals surface area contributed by atoms with Crippen LogP contribution in [0.5, 0.6) is 0 Å². The third-order valence-electron chi connectivity index (χ3n) is 7.12. The maximum Gasteiger partial charge on any atom is 0.0742 e. The van der Waals surface area contributed by atoms with Gasteiger partial charge < -0.3 is 4.57 Å². The van der Waals surface area contributed by atoms with Gasteiger partial charge in [-0.15, -0.1) is 0 Å². The molecule has 2 heteroatoms. The smallest absolute Gasteiger partial charge is 0.0742 e. The standard InChI is InChI=1S/C31H20BrN/c32-23-18-19-28-25(20-23)24-14-9-16-27-30(24)33(28)29-17-8-7-15-26(29)31(27,21-10-3-1-4-11-21)22-12-5-2-6-13-22/h1-20H. The third-order valence-corrected chi connectivity index (χ3v) is 7.61. The minimum absolute atomic E-state index is 0.403. The predicted octanol–water partition coefficient (Wildman–Crippen LogP) is 8.24. The van der Waals surface area contributed by atoms with Crippen LogP contribution in [0, 0.1) is 0 Å². The Kier molecular flexibility index (Phi) is 3.97. The van der Waals surface area contributed by atoms with Crippen molar-refractivity contribution in [1.29, 1.82) is 0 Å². The van der Waals surface area contributed by atoms with Gasteiger partial charge in [-0.1, -0.05) is 113 Å². The van der Waals surface area contributed by atoms with Crippen molar-refractivity contribution in [2.75, 3.05) is 0 Å². The summed E-state index contributed by atoms with van der Waals surface area (Å²) >= 11 is 3.70. The predicted molar refractivity (Wildman–Crippen MR) is 140 cm³/mol. The summed E-state index contributed by atoms with van der Waals surface area (Å²) in [5.74, 6) is 0. The summed E-state index contributed by atoms with van der Waals surface area (Å²) in [7, 11) is 0. The fourth-order valence-electron chi connectivity index (χ4n) is 5.89. The number of hydrogen-bond donors (Lipinski definition) is 0. The first kappa shape index (κ1) is 18.9. The van der Waals surface area contributed by atoms with Crippen LogP contribution >= 0.6 is 15.9 Å². The second kappa shape index (κ2) is 6.94. The van der Waals surface area contributed by atoms with Crippen LogP contribution in [-0.4, -0.2) is 4.57 Å². The van der Waals surface area contributed by atoms with Gasteiger partial charge in [-0.3, -0.25) is 0 Å². The van der Waals surface area contributed by atoms with Crippen molar-refractivity contribution in [3.05, 3.63) is 148 Å². The minimum Gasteiger partial charge on any atom is -0.309 e. The average Bonchev–Trinajstić information content (AvgIpc) is 3.21. The number of nitrogens with zero attached hydrogens (tertiary/aromatic N) is 1. The fourth-order valence-corrected chi connectivity index (χ4v) is 6.25. The highest BCUT2D eigenvalue weighted by Gasteiger charge is 2.44. The van der Waals surface area contributed by atoms with Gasteiger partial charge in [-0.25, -0.2) is 0 Å². The van der Waals surface area contributed by atoms with Gasteiger partial charge in [0.15, 0.2) is 0 Å². The summed E-state index contributed by atoms with van der Waals surface area (Å²) in [6, 6.07) is 44.3. The maximum absolute atomic E-state index is 3.70. The molecular weight excluding hydrogens is 466 g/mol. The van der Waals surface area contributed by atoms with Gasteiger partial charge in [0.1, 0.15) is 0 Å². The van der Waals surface area contributed by atoms with Gasteiger partial charge in [0, 0.05) is 15.2 Å². The molecule has 1 nitrogen and oxygen atoms in total. The maximum atomic E-state index is 3.70. The van der Waals surface area contributed by atoms with Crippen molar-refractivity contribution in [1.82, 2.24) is 4.57 Å². The Morgan fingerprint density at radius 2 is 1.18 bits per heavy atom. The van der Waals surface area contributed by atoms with Crippen LogP contribution in [0.3, 0.4) is 0 Å². The zero-order valence-corrected chi connectivity index (χ0v) is 19.5. The van der Waals surface area contributed by atoms with E-state index in [-0.39, 0.29) is 0 Å². The number of benzene rings is 5. The number of halogens is 1. The highest BCUT2D eigenvalue weighted by molar-refractivity contribution is 9.10. The zero-order valence-electron chi connectivity index (χ0n) is 17.9. The lowest BCUT2D eigenvalue weighted by atomic mass is 9.63. The van der Waals surface area contributed by atoms with E-state index in [1.165, 1.54) is 49.7 Å². The second-order valence-corrected chi connectivity index (χ2v) is 9.61. The number of para-hydroxylation sites is 2. The quantitative estimate of drug-likeness (QED) is 0.232. The molecule has 156 valence electrons. The van der Waals surface area contributed by atoms with Crippen LogP contribution in [0.2, 0.25) is 0 Å². The molecule has 7 rings (SSSR count). The molecule has 0 radical (unpaired) electrons. The van der Waals surface area contributed by atoms with Crippen molar-refractivity contribution in [2.24, 2.45) is 0 Å². The van der Waals surface area contributed by atoms with Gasteiger partial charge in [-0.05, 0) is 46.5 Å². The molecule has 6 aromatic rings. The van der Waals surface area contributed by atoms with Gasteiger partial charge in [0.2, 0.25) is 0 Å². The number of rotatable bonds is 2. The molecule has 2 heterocycles. The lowest BCUT2D eigenvalue weighted by Gasteiger charge is -2.41. The summed E-state index contributed by atoms with van der Waals surface area (Å²) in [4.78, 5) is 0. The van der Waals surface area contributed by atoms with Crippen LogP contribution in [0.1, 0.15) is 22.3 Å². The summed E-state index contributed by atoms with van der Waals surface area (Å²) in [5.41, 5.74) is 8.57. The fraction of sp³-hybridized carbons (Fsp3) is 0.0323. The normalized spacial score (nSPS) is 13.8. The summed E-state index contributed by atoms with van der Waals surface area (Å²) < 4.78 is 3.57. The first-order valence-electron chi connectivity index (χ1n) is 11.2. The van der Waals surface area contributed by atoms with E-state index < -0.39 is 5.41 Å². The molecule has 0 saturated heterocycles. The number of hydrogen-bond acceptors (Lipinski definition) is 0. The Bertz CT molecular complexity index is 1620. The molecule has 0 N–H and O–H groups in total. The topological polar surface area (TPSA) is 4.93 Å². The highest BCUT2D eigenvalue weighted by Crippen LogP contribution is 2.54. The molecule has 5 aromatic carbocycles. The molecule has 0 spiro atoms. The zero-order chi connectivity index (χ0) is 22.0. The van der Waals surface area contributed by atoms with E-state index in [0.29, 0.717) is 0 Å². The van der Waals surface area contributed by atoms with Crippen LogP contribution in [-0.2, 0) is 5.41 Å². The molecular formula is C31H20BrN. The molecule has 0 fully saturated rings. The van der Waals surface area contributed by atoms with Gasteiger partial charge >= 0.3 is 0 Å². The first-order valence-corrected chi connectivity index (χ1v) is 12.0. The summed E-state index contributed by atoms with van der Waals surface area (Å²) in [6.07, 6.45) is 0. The van der Waals surface area contributed by atoms with Gasteiger partial charge in [0.05, 0.1) is 22.1 Å². The van der Waals surface area contributed by atoms with E-state index in [1.807, 2.05) is 0 Å². The molecule has 33 heavy (non-hydrogen) atoms. The SMILES string of the molecule is Brc1ccc2c(c1)c1cccc3c1n2-c1ccccc1C3(c1ccccc1)c1ccccc1. The molecule has 1 aromatic heterocycles. The Hall–Kier alpha value is -3.62. The Balaban J connectivity index is 1.78. The van der Waals surface area contributed by atoms with Gasteiger partial charge in [-0.2, -0.15) is 0 Å². The summed E-state index contributed by atoms with van der Waals surface area (Å²) in [6.45, 7) is 0. The molecule has 0 amide bonds. The second-order valence-electron chi connectivity index (χ2n) is 8.70. The van der Waals surface area contributed by atoms with Crippen LogP contribution < -0.4 is 0 Å². The van der Waals surface area contributed by atoms with E-state index in [4.69, 9.17) is 0 Å². The van der Waals surface area contributed by atoms with E-state index in [9.17, 15) is 0 Å². The lowest BCUT2D eigenvalue weighted by Crippen LogP contribution is -2.35. The van der Waals surface area contributed by atoms with Crippen molar-refractivity contribution in [3.8, 4) is 5.69 Å². The molecule has 0 bridgehead atoms. The van der Waals surface area contributed by atoms with Gasteiger partial charge in [0.25, 0.3) is 0 Å². The Labute approximate surface area is 201 Å². The molecule has 0 atom stereocenters. The van der Waals surface area contributed by atoms with E-state index in [1.54, 1.807) is 0 Å². The van der Waals surface area contributed by atoms with Crippen molar-refractivity contribution in [2.45, 2.75) is 5.41 Å². The van der Waals surface area contributed by atoms with Crippen molar-refractivity contribution < 1.29 is 0 Å². The largest absolute Gasteiger partial charge is 0.309 e. The molecule has 0 saturated carbocycles. The Morgan fingerprint density at radius 3 is 1.91 bits per heavy atom. The first-order chi connectivity index (χ1) is 16.3. The summed E-state index contributed by atoms with van der Waals surface area (Å²) in [5, 5.41) is 2.56. The highest BCUT2D eigenvalue weighted by atomic mass is 79.9. The third kappa shape index (κ3) is 2.42. The number of aromatic nitrogens is 1. The van der Waals surface area contributed by atoms with Crippen molar-refractivity contribution >= 4 is 37.7 Å². The van der Waals surface area contributed by atoms with Crippen molar-refractivity contribution in [3.63, 3.8) is 0 Å². The minimum atomic E-state index is -0.403. The molecule has 1 aliphatic rings. The average molecular weight is 486 g/mol. The molecule has 1 aliphatic heterocycles. The van der Waals surface area contributed by atoms with Crippen LogP contribution in [0.15, 0.2) is 126 Å². The Morgan fingerprint density at radius 1 is 0.545 bits per heavy atom. The van der Waals surface area contributed by atoms with E-state index in [2.05, 4.69) is 142 Å². The van der Waals surface area contributed by atoms with Crippen LogP contribution in [0.25, 0.3) is 27.5 Å².